The van der Waals surface area contributed by atoms with Crippen molar-refractivity contribution in [3.63, 3.8) is 0 Å². The fourth-order valence-corrected chi connectivity index (χ4v) is 1.38. The Morgan fingerprint density at radius 1 is 1.47 bits per heavy atom. The highest BCUT2D eigenvalue weighted by molar-refractivity contribution is 5.91. The molecule has 2 N–H and O–H groups in total. The molecule has 19 heavy (non-hydrogen) atoms. The first-order chi connectivity index (χ1) is 9.06. The highest BCUT2D eigenvalue weighted by Crippen LogP contribution is 2.17. The molecule has 2 rings (SSSR count). The number of carbonyl (C=O) groups excluding carboxylic acids is 1. The number of rotatable bonds is 4. The third kappa shape index (κ3) is 3.27. The van der Waals surface area contributed by atoms with Crippen LogP contribution in [0.5, 0.6) is 5.75 Å². The summed E-state index contributed by atoms with van der Waals surface area (Å²) in [5.41, 5.74) is 0.765. The summed E-state index contributed by atoms with van der Waals surface area (Å²) < 4.78 is 30.8. The number of nitrogens with one attached hydrogen (secondary N) is 2. The fourth-order valence-electron chi connectivity index (χ4n) is 1.38. The number of carbonyl (C=O) groups is 1. The maximum absolute atomic E-state index is 13.2. The molecule has 5 nitrogen and oxygen atoms in total. The summed E-state index contributed by atoms with van der Waals surface area (Å²) >= 11 is 0. The van der Waals surface area contributed by atoms with Crippen LogP contribution in [0.3, 0.4) is 0 Å². The predicted octanol–water partition coefficient (Wildman–Crippen LogP) is 2.01. The zero-order valence-electron chi connectivity index (χ0n) is 10.0. The number of aromatic nitrogens is 2. The molecule has 1 aromatic carbocycles. The summed E-state index contributed by atoms with van der Waals surface area (Å²) in [4.78, 5) is 11.5. The van der Waals surface area contributed by atoms with E-state index in [1.54, 1.807) is 13.1 Å². The molecular weight excluding hydrogens is 256 g/mol. The number of amides is 1. The Balaban J connectivity index is 1.92. The fraction of sp³-hybridized carbons (Fsp3) is 0.167. The third-order valence-electron chi connectivity index (χ3n) is 2.35. The summed E-state index contributed by atoms with van der Waals surface area (Å²) in [6.45, 7) is 1.38. The zero-order valence-corrected chi connectivity index (χ0v) is 10.0. The minimum Gasteiger partial charge on any atom is -0.481 e. The molecule has 1 aromatic heterocycles. The van der Waals surface area contributed by atoms with E-state index in [1.807, 2.05) is 0 Å². The molecule has 2 aromatic rings. The Kier molecular flexibility index (Phi) is 3.74. The van der Waals surface area contributed by atoms with E-state index in [2.05, 4.69) is 15.5 Å². The molecule has 0 saturated carbocycles. The largest absolute Gasteiger partial charge is 0.481 e. The topological polar surface area (TPSA) is 67.0 Å². The highest BCUT2D eigenvalue weighted by Gasteiger charge is 2.09. The van der Waals surface area contributed by atoms with Crippen LogP contribution in [0, 0.1) is 18.6 Å². The van der Waals surface area contributed by atoms with Crippen LogP contribution in [0.2, 0.25) is 0 Å². The summed E-state index contributed by atoms with van der Waals surface area (Å²) in [5.74, 6) is -1.77. The first-order valence-corrected chi connectivity index (χ1v) is 5.44. The Bertz CT molecular complexity index is 598. The molecule has 1 heterocycles. The lowest BCUT2D eigenvalue weighted by molar-refractivity contribution is -0.118. The van der Waals surface area contributed by atoms with Crippen LogP contribution >= 0.6 is 0 Å². The average Bonchev–Trinajstić information content (AvgIpc) is 2.74. The van der Waals surface area contributed by atoms with Gasteiger partial charge in [0.15, 0.2) is 18.2 Å². The lowest BCUT2D eigenvalue weighted by Gasteiger charge is -2.07. The quantitative estimate of drug-likeness (QED) is 0.890. The second-order valence-electron chi connectivity index (χ2n) is 3.84. The van der Waals surface area contributed by atoms with Gasteiger partial charge in [0.1, 0.15) is 11.6 Å². The van der Waals surface area contributed by atoms with Gasteiger partial charge in [-0.3, -0.25) is 9.89 Å². The summed E-state index contributed by atoms with van der Waals surface area (Å²) in [7, 11) is 0. The number of anilines is 1. The predicted molar refractivity (Wildman–Crippen MR) is 63.8 cm³/mol. The van der Waals surface area contributed by atoms with Crippen molar-refractivity contribution in [1.82, 2.24) is 10.2 Å². The van der Waals surface area contributed by atoms with Crippen LogP contribution in [0.4, 0.5) is 14.6 Å². The Labute approximate surface area is 107 Å². The van der Waals surface area contributed by atoms with Gasteiger partial charge in [0, 0.05) is 11.6 Å². The van der Waals surface area contributed by atoms with Crippen molar-refractivity contribution in [2.24, 2.45) is 0 Å². The van der Waals surface area contributed by atoms with E-state index in [0.717, 1.165) is 17.7 Å². The van der Waals surface area contributed by atoms with Crippen molar-refractivity contribution >= 4 is 11.7 Å². The van der Waals surface area contributed by atoms with Gasteiger partial charge in [-0.1, -0.05) is 0 Å². The van der Waals surface area contributed by atoms with Gasteiger partial charge in [0.25, 0.3) is 5.91 Å². The number of nitrogens with zero attached hydrogens (tertiary/aromatic N) is 1. The van der Waals surface area contributed by atoms with Crippen molar-refractivity contribution in [3.8, 4) is 5.75 Å². The Morgan fingerprint density at radius 3 is 2.89 bits per heavy atom. The minimum atomic E-state index is -0.856. The number of ether oxygens (including phenoxy) is 1. The molecule has 0 fully saturated rings. The van der Waals surface area contributed by atoms with Crippen LogP contribution in [0.25, 0.3) is 0 Å². The standard InChI is InChI=1S/C12H11F2N3O2/c1-7-5-15-17-12(7)16-11(18)6-19-10-3-2-8(13)4-9(10)14/h2-5H,6H2,1H3,(H2,15,16,17,18). The van der Waals surface area contributed by atoms with Gasteiger partial charge in [-0.05, 0) is 19.1 Å². The molecule has 0 aliphatic heterocycles. The molecular formula is C12H11F2N3O2. The number of hydrogen-bond donors (Lipinski definition) is 2. The maximum atomic E-state index is 13.2. The van der Waals surface area contributed by atoms with Gasteiger partial charge in [-0.15, -0.1) is 0 Å². The molecule has 0 atom stereocenters. The van der Waals surface area contributed by atoms with E-state index in [0.29, 0.717) is 11.9 Å². The average molecular weight is 267 g/mol. The van der Waals surface area contributed by atoms with Crippen LogP contribution < -0.4 is 10.1 Å². The zero-order chi connectivity index (χ0) is 13.8. The van der Waals surface area contributed by atoms with Gasteiger partial charge in [0.05, 0.1) is 6.20 Å². The molecule has 0 aliphatic rings. The number of aromatic amines is 1. The highest BCUT2D eigenvalue weighted by atomic mass is 19.1. The van der Waals surface area contributed by atoms with Crippen molar-refractivity contribution in [2.45, 2.75) is 6.92 Å². The van der Waals surface area contributed by atoms with Gasteiger partial charge < -0.3 is 10.1 Å². The number of benzene rings is 1. The first kappa shape index (κ1) is 13.0. The van der Waals surface area contributed by atoms with Gasteiger partial charge in [-0.25, -0.2) is 8.78 Å². The molecule has 0 radical (unpaired) electrons. The van der Waals surface area contributed by atoms with Crippen LogP contribution in [0.15, 0.2) is 24.4 Å². The summed E-state index contributed by atoms with van der Waals surface area (Å²) in [6, 6.07) is 2.86. The maximum Gasteiger partial charge on any atom is 0.263 e. The van der Waals surface area contributed by atoms with Crippen LogP contribution in [-0.2, 0) is 4.79 Å². The second-order valence-corrected chi connectivity index (χ2v) is 3.84. The summed E-state index contributed by atoms with van der Waals surface area (Å²) in [5, 5.41) is 8.84. The molecule has 0 spiro atoms. The van der Waals surface area contributed by atoms with Crippen molar-refractivity contribution < 1.29 is 18.3 Å². The lowest BCUT2D eigenvalue weighted by atomic mass is 10.3. The van der Waals surface area contributed by atoms with Crippen molar-refractivity contribution in [1.29, 1.82) is 0 Å². The monoisotopic (exact) mass is 267 g/mol. The molecule has 0 unspecified atom stereocenters. The van der Waals surface area contributed by atoms with E-state index in [-0.39, 0.29) is 12.4 Å². The van der Waals surface area contributed by atoms with E-state index in [9.17, 15) is 13.6 Å². The molecule has 7 heteroatoms. The minimum absolute atomic E-state index is 0.183. The van der Waals surface area contributed by atoms with E-state index >= 15 is 0 Å². The van der Waals surface area contributed by atoms with Crippen LogP contribution in [0.1, 0.15) is 5.56 Å². The van der Waals surface area contributed by atoms with E-state index in [1.165, 1.54) is 0 Å². The SMILES string of the molecule is Cc1cn[nH]c1NC(=O)COc1ccc(F)cc1F. The normalized spacial score (nSPS) is 10.3. The van der Waals surface area contributed by atoms with Gasteiger partial charge >= 0.3 is 0 Å². The number of aryl methyl sites for hydroxylation is 1. The van der Waals surface area contributed by atoms with Gasteiger partial charge in [0.2, 0.25) is 0 Å². The Morgan fingerprint density at radius 2 is 2.26 bits per heavy atom. The van der Waals surface area contributed by atoms with E-state index < -0.39 is 17.5 Å². The van der Waals surface area contributed by atoms with Crippen LogP contribution in [-0.4, -0.2) is 22.7 Å². The molecule has 0 bridgehead atoms. The molecule has 0 saturated heterocycles. The van der Waals surface area contributed by atoms with Gasteiger partial charge in [-0.2, -0.15) is 5.10 Å². The first-order valence-electron chi connectivity index (χ1n) is 5.44. The summed E-state index contributed by atoms with van der Waals surface area (Å²) in [6.07, 6.45) is 1.55. The second kappa shape index (κ2) is 5.47. The molecule has 1 amide bonds. The lowest BCUT2D eigenvalue weighted by Crippen LogP contribution is -2.21. The molecule has 0 aliphatic carbocycles. The molecule has 100 valence electrons. The van der Waals surface area contributed by atoms with Crippen molar-refractivity contribution in [3.05, 3.63) is 41.6 Å². The van der Waals surface area contributed by atoms with E-state index in [4.69, 9.17) is 4.74 Å². The Hall–Kier alpha value is -2.44. The number of hydrogen-bond acceptors (Lipinski definition) is 3. The van der Waals surface area contributed by atoms with Crippen molar-refractivity contribution in [2.75, 3.05) is 11.9 Å². The smallest absolute Gasteiger partial charge is 0.263 e. The number of halogens is 2. The number of H-pyrrole nitrogens is 1. The third-order valence-corrected chi connectivity index (χ3v) is 2.35.